The van der Waals surface area contributed by atoms with Gasteiger partial charge in [0.15, 0.2) is 0 Å². The summed E-state index contributed by atoms with van der Waals surface area (Å²) < 4.78 is 0. The highest BCUT2D eigenvalue weighted by molar-refractivity contribution is 6.00. The van der Waals surface area contributed by atoms with Crippen LogP contribution in [0.4, 0.5) is 11.4 Å². The van der Waals surface area contributed by atoms with Crippen molar-refractivity contribution in [2.75, 3.05) is 36.4 Å². The molecule has 0 aliphatic carbocycles. The smallest absolute Gasteiger partial charge is 0.248 e. The molecule has 2 aliphatic rings. The normalized spacial score (nSPS) is 21.2. The highest BCUT2D eigenvalue weighted by Gasteiger charge is 2.23. The van der Waals surface area contributed by atoms with Gasteiger partial charge in [0.05, 0.1) is 17.3 Å². The number of nitrogens with two attached hydrogens (primary N) is 1. The fourth-order valence-electron chi connectivity index (χ4n) is 3.33. The Labute approximate surface area is 136 Å². The maximum absolute atomic E-state index is 12.5. The summed E-state index contributed by atoms with van der Waals surface area (Å²) in [5.74, 6) is -0.487. The molecule has 0 bridgehead atoms. The first kappa shape index (κ1) is 15.8. The van der Waals surface area contributed by atoms with E-state index in [2.05, 4.69) is 15.5 Å². The lowest BCUT2D eigenvalue weighted by molar-refractivity contribution is -0.120. The van der Waals surface area contributed by atoms with Crippen molar-refractivity contribution in [1.82, 2.24) is 5.32 Å². The zero-order valence-corrected chi connectivity index (χ0v) is 13.3. The average molecular weight is 316 g/mol. The number of nitrogens with one attached hydrogen (secondary N) is 2. The van der Waals surface area contributed by atoms with Gasteiger partial charge in [-0.05, 0) is 50.4 Å². The summed E-state index contributed by atoms with van der Waals surface area (Å²) >= 11 is 0. The van der Waals surface area contributed by atoms with Gasteiger partial charge in [-0.2, -0.15) is 0 Å². The fraction of sp³-hybridized carbons (Fsp3) is 0.529. The monoisotopic (exact) mass is 316 g/mol. The number of rotatable bonds is 4. The molecule has 23 heavy (non-hydrogen) atoms. The molecule has 3 rings (SSSR count). The Morgan fingerprint density at radius 1 is 1.22 bits per heavy atom. The molecule has 6 heteroatoms. The average Bonchev–Trinajstić information content (AvgIpc) is 3.09. The summed E-state index contributed by atoms with van der Waals surface area (Å²) in [4.78, 5) is 26.2. The summed E-state index contributed by atoms with van der Waals surface area (Å²) in [6.07, 6.45) is 4.21. The van der Waals surface area contributed by atoms with E-state index in [0.717, 1.165) is 51.0 Å². The van der Waals surface area contributed by atoms with E-state index in [9.17, 15) is 9.59 Å². The molecule has 124 valence electrons. The van der Waals surface area contributed by atoms with Crippen LogP contribution in [0, 0.1) is 5.92 Å². The number of piperidine rings is 1. The number of carbonyl (C=O) groups excluding carboxylic acids is 2. The largest absolute Gasteiger partial charge is 0.370 e. The Bertz CT molecular complexity index is 590. The summed E-state index contributed by atoms with van der Waals surface area (Å²) in [6.45, 7) is 3.63. The quantitative estimate of drug-likeness (QED) is 0.782. The summed E-state index contributed by atoms with van der Waals surface area (Å²) in [7, 11) is 0. The van der Waals surface area contributed by atoms with Crippen molar-refractivity contribution in [3.05, 3.63) is 23.8 Å². The van der Waals surface area contributed by atoms with Crippen molar-refractivity contribution in [2.45, 2.75) is 25.7 Å². The molecule has 2 saturated heterocycles. The molecular formula is C17H24N4O2. The molecule has 2 fully saturated rings. The Morgan fingerprint density at radius 3 is 2.65 bits per heavy atom. The number of anilines is 2. The third-order valence-corrected chi connectivity index (χ3v) is 4.65. The summed E-state index contributed by atoms with van der Waals surface area (Å²) in [6, 6.07) is 5.32. The minimum absolute atomic E-state index is 0.0132. The van der Waals surface area contributed by atoms with Crippen molar-refractivity contribution in [3.8, 4) is 0 Å². The van der Waals surface area contributed by atoms with Gasteiger partial charge in [-0.15, -0.1) is 0 Å². The molecule has 2 heterocycles. The molecule has 1 aromatic rings. The maximum atomic E-state index is 12.5. The minimum Gasteiger partial charge on any atom is -0.370 e. The zero-order valence-electron chi connectivity index (χ0n) is 13.3. The van der Waals surface area contributed by atoms with Gasteiger partial charge >= 0.3 is 0 Å². The minimum atomic E-state index is -0.479. The molecule has 0 spiro atoms. The van der Waals surface area contributed by atoms with Crippen LogP contribution < -0.4 is 21.3 Å². The number of hydrogen-bond acceptors (Lipinski definition) is 4. The van der Waals surface area contributed by atoms with Crippen molar-refractivity contribution in [1.29, 1.82) is 0 Å². The van der Waals surface area contributed by atoms with E-state index in [1.54, 1.807) is 12.1 Å². The standard InChI is InChI=1S/C17H24N4O2/c18-16(22)12-5-6-15(21-8-1-2-9-21)14(10-12)20-17(23)13-4-3-7-19-11-13/h5-6,10,13,19H,1-4,7-9,11H2,(H2,18,22)(H,20,23). The van der Waals surface area contributed by atoms with Crippen LogP contribution in [0.1, 0.15) is 36.0 Å². The van der Waals surface area contributed by atoms with Crippen LogP contribution in [0.15, 0.2) is 18.2 Å². The van der Waals surface area contributed by atoms with Crippen LogP contribution in [-0.4, -0.2) is 38.0 Å². The molecule has 1 atom stereocenters. The number of amides is 2. The summed E-state index contributed by atoms with van der Waals surface area (Å²) in [5, 5.41) is 6.28. The first-order valence-corrected chi connectivity index (χ1v) is 8.35. The molecule has 1 unspecified atom stereocenters. The van der Waals surface area contributed by atoms with Crippen LogP contribution in [0.2, 0.25) is 0 Å². The highest BCUT2D eigenvalue weighted by Crippen LogP contribution is 2.30. The van der Waals surface area contributed by atoms with Crippen molar-refractivity contribution in [3.63, 3.8) is 0 Å². The molecular weight excluding hydrogens is 292 g/mol. The molecule has 0 aromatic heterocycles. The second-order valence-electron chi connectivity index (χ2n) is 6.32. The molecule has 4 N–H and O–H groups in total. The number of benzene rings is 1. The SMILES string of the molecule is NC(=O)c1ccc(N2CCCC2)c(NC(=O)C2CCCNC2)c1. The van der Waals surface area contributed by atoms with Gasteiger partial charge in [-0.3, -0.25) is 9.59 Å². The van der Waals surface area contributed by atoms with Gasteiger partial charge < -0.3 is 21.3 Å². The van der Waals surface area contributed by atoms with Gasteiger partial charge in [0.2, 0.25) is 11.8 Å². The van der Waals surface area contributed by atoms with Gasteiger partial charge in [-0.25, -0.2) is 0 Å². The number of hydrogen-bond donors (Lipinski definition) is 3. The van der Waals surface area contributed by atoms with E-state index in [0.29, 0.717) is 17.8 Å². The van der Waals surface area contributed by atoms with Crippen molar-refractivity contribution < 1.29 is 9.59 Å². The Morgan fingerprint density at radius 2 is 2.00 bits per heavy atom. The van der Waals surface area contributed by atoms with E-state index in [4.69, 9.17) is 5.73 Å². The first-order valence-electron chi connectivity index (χ1n) is 8.35. The van der Waals surface area contributed by atoms with E-state index in [1.807, 2.05) is 6.07 Å². The molecule has 2 amide bonds. The third-order valence-electron chi connectivity index (χ3n) is 4.65. The lowest BCUT2D eigenvalue weighted by Gasteiger charge is -2.25. The molecule has 6 nitrogen and oxygen atoms in total. The van der Waals surface area contributed by atoms with Crippen LogP contribution in [0.25, 0.3) is 0 Å². The van der Waals surface area contributed by atoms with Gasteiger partial charge in [-0.1, -0.05) is 0 Å². The topological polar surface area (TPSA) is 87.5 Å². The second kappa shape index (κ2) is 7.00. The van der Waals surface area contributed by atoms with Gasteiger partial charge in [0, 0.05) is 25.2 Å². The zero-order chi connectivity index (χ0) is 16.2. The fourth-order valence-corrected chi connectivity index (χ4v) is 3.33. The van der Waals surface area contributed by atoms with E-state index in [1.165, 1.54) is 0 Å². The van der Waals surface area contributed by atoms with Crippen LogP contribution in [0.3, 0.4) is 0 Å². The predicted molar refractivity (Wildman–Crippen MR) is 90.6 cm³/mol. The van der Waals surface area contributed by atoms with E-state index in [-0.39, 0.29) is 11.8 Å². The molecule has 0 radical (unpaired) electrons. The van der Waals surface area contributed by atoms with Crippen LogP contribution in [-0.2, 0) is 4.79 Å². The van der Waals surface area contributed by atoms with E-state index >= 15 is 0 Å². The number of primary amides is 1. The van der Waals surface area contributed by atoms with Crippen molar-refractivity contribution >= 4 is 23.2 Å². The van der Waals surface area contributed by atoms with Crippen LogP contribution >= 0.6 is 0 Å². The lowest BCUT2D eigenvalue weighted by Crippen LogP contribution is -2.37. The number of nitrogens with zero attached hydrogens (tertiary/aromatic N) is 1. The lowest BCUT2D eigenvalue weighted by atomic mass is 9.98. The van der Waals surface area contributed by atoms with Gasteiger partial charge in [0.1, 0.15) is 0 Å². The third kappa shape index (κ3) is 3.64. The molecule has 0 saturated carbocycles. The summed E-state index contributed by atoms with van der Waals surface area (Å²) in [5.41, 5.74) is 7.48. The van der Waals surface area contributed by atoms with Gasteiger partial charge in [0.25, 0.3) is 0 Å². The Hall–Kier alpha value is -2.08. The Kier molecular flexibility index (Phi) is 4.81. The maximum Gasteiger partial charge on any atom is 0.248 e. The first-order chi connectivity index (χ1) is 11.1. The van der Waals surface area contributed by atoms with E-state index < -0.39 is 5.91 Å². The number of carbonyl (C=O) groups is 2. The predicted octanol–water partition coefficient (Wildman–Crippen LogP) is 1.32. The highest BCUT2D eigenvalue weighted by atomic mass is 16.2. The molecule has 2 aliphatic heterocycles. The van der Waals surface area contributed by atoms with Crippen LogP contribution in [0.5, 0.6) is 0 Å². The second-order valence-corrected chi connectivity index (χ2v) is 6.32. The molecule has 1 aromatic carbocycles. The Balaban J connectivity index is 1.83. The van der Waals surface area contributed by atoms with Crippen molar-refractivity contribution in [2.24, 2.45) is 11.7 Å².